The quantitative estimate of drug-likeness (QED) is 0.750. The molecule has 0 spiro atoms. The number of nitrogens with one attached hydrogen (secondary N) is 2. The first-order valence-electron chi connectivity index (χ1n) is 5.17. The van der Waals surface area contributed by atoms with Crippen molar-refractivity contribution in [2.75, 3.05) is 6.54 Å². The summed E-state index contributed by atoms with van der Waals surface area (Å²) in [6.07, 6.45) is 1.42. The molecule has 0 aliphatic rings. The number of amides is 1. The van der Waals surface area contributed by atoms with Gasteiger partial charge in [-0.2, -0.15) is 5.26 Å². The first kappa shape index (κ1) is 11.0. The van der Waals surface area contributed by atoms with E-state index in [9.17, 15) is 4.79 Å². The molecule has 0 aliphatic heterocycles. The van der Waals surface area contributed by atoms with Crippen LogP contribution in [0.4, 0.5) is 4.79 Å². The monoisotopic (exact) mass is 229 g/mol. The average Bonchev–Trinajstić information content (AvgIpc) is 2.71. The minimum absolute atomic E-state index is 0.360. The maximum atomic E-state index is 10.3. The number of H-pyrrole nitrogens is 1. The van der Waals surface area contributed by atoms with Crippen molar-refractivity contribution in [1.29, 1.82) is 5.26 Å². The first-order valence-corrected chi connectivity index (χ1v) is 5.17. The summed E-state index contributed by atoms with van der Waals surface area (Å²) in [5.41, 5.74) is 2.56. The number of rotatable bonds is 3. The normalized spacial score (nSPS) is 10.1. The minimum atomic E-state index is -1.03. The highest BCUT2D eigenvalue weighted by Crippen LogP contribution is 2.19. The highest BCUT2D eigenvalue weighted by molar-refractivity contribution is 5.84. The van der Waals surface area contributed by atoms with Gasteiger partial charge in [-0.25, -0.2) is 4.79 Å². The molecule has 1 amide bonds. The molecule has 1 aromatic carbocycles. The van der Waals surface area contributed by atoms with E-state index in [-0.39, 0.29) is 0 Å². The second-order valence-corrected chi connectivity index (χ2v) is 3.67. The fraction of sp³-hybridized carbons (Fsp3) is 0.167. The summed E-state index contributed by atoms with van der Waals surface area (Å²) in [7, 11) is 0. The SMILES string of the molecule is N#Cc1ccc2[nH]cc(CCNC(=O)O)c2c1. The van der Waals surface area contributed by atoms with Crippen molar-refractivity contribution in [3.63, 3.8) is 0 Å². The molecule has 17 heavy (non-hydrogen) atoms. The second kappa shape index (κ2) is 4.58. The summed E-state index contributed by atoms with van der Waals surface area (Å²) >= 11 is 0. The Morgan fingerprint density at radius 3 is 3.06 bits per heavy atom. The number of aromatic amines is 1. The largest absolute Gasteiger partial charge is 0.465 e. The molecular weight excluding hydrogens is 218 g/mol. The molecule has 0 saturated heterocycles. The molecule has 1 aromatic heterocycles. The van der Waals surface area contributed by atoms with Gasteiger partial charge in [0.15, 0.2) is 0 Å². The van der Waals surface area contributed by atoms with Crippen molar-refractivity contribution in [2.24, 2.45) is 0 Å². The lowest BCUT2D eigenvalue weighted by Crippen LogP contribution is -2.23. The van der Waals surface area contributed by atoms with Crippen molar-refractivity contribution in [3.8, 4) is 6.07 Å². The predicted molar refractivity (Wildman–Crippen MR) is 62.7 cm³/mol. The van der Waals surface area contributed by atoms with Crippen LogP contribution in [0.5, 0.6) is 0 Å². The molecule has 0 saturated carbocycles. The third-order valence-electron chi connectivity index (χ3n) is 2.57. The lowest BCUT2D eigenvalue weighted by atomic mass is 10.1. The molecule has 0 bridgehead atoms. The summed E-state index contributed by atoms with van der Waals surface area (Å²) in [5, 5.41) is 20.6. The molecule has 1 heterocycles. The predicted octanol–water partition coefficient (Wildman–Crippen LogP) is 1.85. The summed E-state index contributed by atoms with van der Waals surface area (Å²) < 4.78 is 0. The third kappa shape index (κ3) is 2.37. The molecule has 5 heteroatoms. The smallest absolute Gasteiger partial charge is 0.404 e. The molecule has 0 unspecified atom stereocenters. The van der Waals surface area contributed by atoms with Gasteiger partial charge in [0, 0.05) is 23.6 Å². The van der Waals surface area contributed by atoms with Crippen molar-refractivity contribution >= 4 is 17.0 Å². The van der Waals surface area contributed by atoms with Gasteiger partial charge in [0.1, 0.15) is 0 Å². The summed E-state index contributed by atoms with van der Waals surface area (Å²) in [6, 6.07) is 7.49. The van der Waals surface area contributed by atoms with Crippen molar-refractivity contribution in [1.82, 2.24) is 10.3 Å². The van der Waals surface area contributed by atoms with Crippen LogP contribution in [0.3, 0.4) is 0 Å². The zero-order chi connectivity index (χ0) is 12.3. The van der Waals surface area contributed by atoms with Crippen LogP contribution in [0.15, 0.2) is 24.4 Å². The third-order valence-corrected chi connectivity index (χ3v) is 2.57. The van der Waals surface area contributed by atoms with E-state index in [2.05, 4.69) is 16.4 Å². The zero-order valence-electron chi connectivity index (χ0n) is 9.03. The van der Waals surface area contributed by atoms with Gasteiger partial charge in [0.25, 0.3) is 0 Å². The molecule has 5 nitrogen and oxygen atoms in total. The van der Waals surface area contributed by atoms with E-state index in [4.69, 9.17) is 10.4 Å². The molecule has 0 atom stereocenters. The average molecular weight is 229 g/mol. The second-order valence-electron chi connectivity index (χ2n) is 3.67. The summed E-state index contributed by atoms with van der Waals surface area (Å²) in [4.78, 5) is 13.4. The first-order chi connectivity index (χ1) is 8.20. The summed E-state index contributed by atoms with van der Waals surface area (Å²) in [5.74, 6) is 0. The van der Waals surface area contributed by atoms with E-state index in [1.165, 1.54) is 0 Å². The van der Waals surface area contributed by atoms with Gasteiger partial charge >= 0.3 is 6.09 Å². The summed E-state index contributed by atoms with van der Waals surface area (Å²) in [6.45, 7) is 0.360. The number of carbonyl (C=O) groups is 1. The van der Waals surface area contributed by atoms with Gasteiger partial charge in [-0.15, -0.1) is 0 Å². The lowest BCUT2D eigenvalue weighted by molar-refractivity contribution is 0.194. The Morgan fingerprint density at radius 2 is 2.35 bits per heavy atom. The Hall–Kier alpha value is -2.48. The van der Waals surface area contributed by atoms with Crippen LogP contribution >= 0.6 is 0 Å². The topological polar surface area (TPSA) is 88.9 Å². The van der Waals surface area contributed by atoms with E-state index in [1.807, 2.05) is 18.3 Å². The van der Waals surface area contributed by atoms with Gasteiger partial charge in [0.05, 0.1) is 11.6 Å². The molecular formula is C12H11N3O2. The Morgan fingerprint density at radius 1 is 1.53 bits per heavy atom. The van der Waals surface area contributed by atoms with Crippen LogP contribution in [-0.4, -0.2) is 22.7 Å². The van der Waals surface area contributed by atoms with E-state index in [1.54, 1.807) is 6.07 Å². The highest BCUT2D eigenvalue weighted by atomic mass is 16.4. The molecule has 86 valence electrons. The van der Waals surface area contributed by atoms with Gasteiger partial charge in [-0.3, -0.25) is 0 Å². The van der Waals surface area contributed by atoms with Gasteiger partial charge in [-0.05, 0) is 30.2 Å². The maximum absolute atomic E-state index is 10.3. The van der Waals surface area contributed by atoms with Crippen LogP contribution < -0.4 is 5.32 Å². The van der Waals surface area contributed by atoms with Crippen LogP contribution in [0, 0.1) is 11.3 Å². The minimum Gasteiger partial charge on any atom is -0.465 e. The Kier molecular flexibility index (Phi) is 2.97. The Labute approximate surface area is 97.7 Å². The molecule has 0 aliphatic carbocycles. The highest BCUT2D eigenvalue weighted by Gasteiger charge is 2.05. The number of aromatic nitrogens is 1. The van der Waals surface area contributed by atoms with Crippen LogP contribution in [-0.2, 0) is 6.42 Å². The molecule has 0 fully saturated rings. The fourth-order valence-corrected chi connectivity index (χ4v) is 1.76. The number of nitrogens with zero attached hydrogens (tertiary/aromatic N) is 1. The molecule has 3 N–H and O–H groups in total. The Bertz CT molecular complexity index is 595. The molecule has 2 aromatic rings. The molecule has 2 rings (SSSR count). The van der Waals surface area contributed by atoms with Crippen molar-refractivity contribution < 1.29 is 9.90 Å². The van der Waals surface area contributed by atoms with Crippen molar-refractivity contribution in [2.45, 2.75) is 6.42 Å². The number of fused-ring (bicyclic) bond motifs is 1. The van der Waals surface area contributed by atoms with E-state index >= 15 is 0 Å². The number of hydrogen-bond acceptors (Lipinski definition) is 2. The lowest BCUT2D eigenvalue weighted by Gasteiger charge is -2.00. The standard InChI is InChI=1S/C12H11N3O2/c13-6-8-1-2-11-10(5-8)9(7-15-11)3-4-14-12(16)17/h1-2,5,7,14-15H,3-4H2,(H,16,17). The van der Waals surface area contributed by atoms with Crippen LogP contribution in [0.1, 0.15) is 11.1 Å². The van der Waals surface area contributed by atoms with Gasteiger partial charge in [0.2, 0.25) is 0 Å². The number of benzene rings is 1. The number of nitriles is 1. The van der Waals surface area contributed by atoms with E-state index in [0.29, 0.717) is 18.5 Å². The number of hydrogen-bond donors (Lipinski definition) is 3. The van der Waals surface area contributed by atoms with Gasteiger partial charge in [-0.1, -0.05) is 0 Å². The zero-order valence-corrected chi connectivity index (χ0v) is 9.03. The molecule has 0 radical (unpaired) electrons. The van der Waals surface area contributed by atoms with Crippen molar-refractivity contribution in [3.05, 3.63) is 35.5 Å². The van der Waals surface area contributed by atoms with E-state index < -0.39 is 6.09 Å². The van der Waals surface area contributed by atoms with Crippen LogP contribution in [0.25, 0.3) is 10.9 Å². The van der Waals surface area contributed by atoms with Crippen LogP contribution in [0.2, 0.25) is 0 Å². The van der Waals surface area contributed by atoms with Gasteiger partial charge < -0.3 is 15.4 Å². The number of carboxylic acid groups (broad SMARTS) is 1. The fourth-order valence-electron chi connectivity index (χ4n) is 1.76. The van der Waals surface area contributed by atoms with E-state index in [0.717, 1.165) is 16.5 Å². The Balaban J connectivity index is 2.22. The maximum Gasteiger partial charge on any atom is 0.404 e.